The molecule has 1 N–H and O–H groups in total. The summed E-state index contributed by atoms with van der Waals surface area (Å²) >= 11 is 0. The van der Waals surface area contributed by atoms with Crippen LogP contribution in [0.1, 0.15) is 51.3 Å². The fourth-order valence-corrected chi connectivity index (χ4v) is 3.91. The molecule has 1 atom stereocenters. The maximum Gasteiger partial charge on any atom is 0.352 e. The molecule has 0 aliphatic rings. The van der Waals surface area contributed by atoms with Gasteiger partial charge in [-0.3, -0.25) is 14.2 Å². The first-order chi connectivity index (χ1) is 16.7. The molecule has 0 aliphatic heterocycles. The molecule has 1 unspecified atom stereocenters. The van der Waals surface area contributed by atoms with E-state index < -0.39 is 17.2 Å². The molecule has 1 aromatic heterocycles. The van der Waals surface area contributed by atoms with Crippen LogP contribution in [0.2, 0.25) is 0 Å². The Morgan fingerprint density at radius 2 is 1.66 bits per heavy atom. The van der Waals surface area contributed by atoms with Gasteiger partial charge in [0.25, 0.3) is 11.5 Å². The van der Waals surface area contributed by atoms with Crippen LogP contribution in [-0.2, 0) is 6.54 Å². The molecule has 1 amide bonds. The topological polar surface area (TPSA) is 86.0 Å². The van der Waals surface area contributed by atoms with Gasteiger partial charge in [0.05, 0.1) is 18.3 Å². The van der Waals surface area contributed by atoms with Crippen molar-refractivity contribution in [1.29, 1.82) is 0 Å². The van der Waals surface area contributed by atoms with Gasteiger partial charge in [-0.15, -0.1) is 0 Å². The number of aryl methyl sites for hydroxylation is 3. The molecular formula is C28H28N4O3. The second-order valence-corrected chi connectivity index (χ2v) is 8.80. The Morgan fingerprint density at radius 3 is 2.34 bits per heavy atom. The lowest BCUT2D eigenvalue weighted by Gasteiger charge is -2.16. The number of nitrogens with one attached hydrogen (secondary N) is 1. The van der Waals surface area contributed by atoms with Crippen molar-refractivity contribution in [3.05, 3.63) is 127 Å². The van der Waals surface area contributed by atoms with Gasteiger partial charge < -0.3 is 5.32 Å². The van der Waals surface area contributed by atoms with Crippen molar-refractivity contribution in [1.82, 2.24) is 19.7 Å². The summed E-state index contributed by atoms with van der Waals surface area (Å²) in [5.74, 6) is -0.637. The molecule has 0 aliphatic carbocycles. The average molecular weight is 469 g/mol. The minimum Gasteiger partial charge on any atom is -0.344 e. The normalized spacial score (nSPS) is 11.8. The van der Waals surface area contributed by atoms with Crippen molar-refractivity contribution in [2.24, 2.45) is 0 Å². The van der Waals surface area contributed by atoms with E-state index in [9.17, 15) is 14.4 Å². The molecule has 4 rings (SSSR count). The summed E-state index contributed by atoms with van der Waals surface area (Å²) in [5, 5.41) is 7.08. The minimum absolute atomic E-state index is 0.0290. The Balaban J connectivity index is 1.83. The fourth-order valence-electron chi connectivity index (χ4n) is 3.91. The third kappa shape index (κ3) is 5.14. The quantitative estimate of drug-likeness (QED) is 0.466. The Labute approximate surface area is 203 Å². The third-order valence-electron chi connectivity index (χ3n) is 6.08. The molecule has 0 bridgehead atoms. The molecule has 0 saturated heterocycles. The molecular weight excluding hydrogens is 440 g/mol. The van der Waals surface area contributed by atoms with E-state index in [1.165, 1.54) is 0 Å². The van der Waals surface area contributed by atoms with Crippen molar-refractivity contribution in [3.8, 4) is 5.69 Å². The minimum atomic E-state index is -0.727. The van der Waals surface area contributed by atoms with Crippen molar-refractivity contribution < 1.29 is 4.79 Å². The lowest BCUT2D eigenvalue weighted by Crippen LogP contribution is -2.46. The second-order valence-electron chi connectivity index (χ2n) is 8.80. The number of hydrogen-bond donors (Lipinski definition) is 1. The molecule has 35 heavy (non-hydrogen) atoms. The van der Waals surface area contributed by atoms with Gasteiger partial charge in [0.15, 0.2) is 0 Å². The highest BCUT2D eigenvalue weighted by atomic mass is 16.2. The van der Waals surface area contributed by atoms with E-state index in [2.05, 4.69) is 10.4 Å². The van der Waals surface area contributed by atoms with Gasteiger partial charge >= 0.3 is 5.69 Å². The Kier molecular flexibility index (Phi) is 6.78. The van der Waals surface area contributed by atoms with Crippen molar-refractivity contribution in [2.75, 3.05) is 0 Å². The summed E-state index contributed by atoms with van der Waals surface area (Å²) in [6.45, 7) is 7.70. The van der Waals surface area contributed by atoms with E-state index in [4.69, 9.17) is 0 Å². The number of amides is 1. The van der Waals surface area contributed by atoms with Crippen LogP contribution < -0.4 is 16.6 Å². The number of aromatic nitrogens is 3. The Bertz CT molecular complexity index is 1500. The van der Waals surface area contributed by atoms with Crippen LogP contribution in [0.25, 0.3) is 5.69 Å². The van der Waals surface area contributed by atoms with Crippen LogP contribution in [0.3, 0.4) is 0 Å². The van der Waals surface area contributed by atoms with Crippen LogP contribution in [0.15, 0.2) is 82.4 Å². The van der Waals surface area contributed by atoms with Crippen LogP contribution in [-0.4, -0.2) is 20.3 Å². The van der Waals surface area contributed by atoms with Gasteiger partial charge in [-0.05, 0) is 62.1 Å². The first-order valence-corrected chi connectivity index (χ1v) is 11.5. The molecule has 7 heteroatoms. The highest BCUT2D eigenvalue weighted by Gasteiger charge is 2.22. The van der Waals surface area contributed by atoms with Crippen LogP contribution in [0.4, 0.5) is 0 Å². The van der Waals surface area contributed by atoms with Crippen molar-refractivity contribution >= 4 is 5.91 Å². The number of rotatable bonds is 6. The second kappa shape index (κ2) is 9.93. The Hall–Kier alpha value is -4.26. The molecule has 0 saturated carbocycles. The number of benzene rings is 3. The molecule has 178 valence electrons. The van der Waals surface area contributed by atoms with E-state index in [0.29, 0.717) is 5.69 Å². The first-order valence-electron chi connectivity index (χ1n) is 11.5. The molecule has 4 aromatic rings. The lowest BCUT2D eigenvalue weighted by atomic mass is 10.1. The number of nitrogens with zero attached hydrogens (tertiary/aromatic N) is 3. The SMILES string of the molecule is Cc1cccc(Cn2c(=O)c(C(=O)NC(C)c3ccccc3)nn(-c3ccc(C)c(C)c3)c2=O)c1. The summed E-state index contributed by atoms with van der Waals surface area (Å²) in [5.41, 5.74) is 3.53. The maximum atomic E-state index is 13.4. The highest BCUT2D eigenvalue weighted by Crippen LogP contribution is 2.13. The predicted octanol–water partition coefficient (Wildman–Crippen LogP) is 3.86. The molecule has 0 spiro atoms. The van der Waals surface area contributed by atoms with Crippen LogP contribution >= 0.6 is 0 Å². The summed E-state index contributed by atoms with van der Waals surface area (Å²) < 4.78 is 2.20. The first kappa shape index (κ1) is 23.9. The van der Waals surface area contributed by atoms with E-state index in [-0.39, 0.29) is 18.3 Å². The summed E-state index contributed by atoms with van der Waals surface area (Å²) in [6.07, 6.45) is 0. The smallest absolute Gasteiger partial charge is 0.344 e. The zero-order valence-electron chi connectivity index (χ0n) is 20.3. The summed E-state index contributed by atoms with van der Waals surface area (Å²) in [7, 11) is 0. The van der Waals surface area contributed by atoms with Crippen LogP contribution in [0.5, 0.6) is 0 Å². The zero-order valence-corrected chi connectivity index (χ0v) is 20.3. The van der Waals surface area contributed by atoms with Crippen LogP contribution in [0, 0.1) is 20.8 Å². The van der Waals surface area contributed by atoms with E-state index in [1.54, 1.807) is 6.07 Å². The largest absolute Gasteiger partial charge is 0.352 e. The number of hydrogen-bond acceptors (Lipinski definition) is 4. The Morgan fingerprint density at radius 1 is 0.914 bits per heavy atom. The van der Waals surface area contributed by atoms with Gasteiger partial charge in [-0.2, -0.15) is 9.78 Å². The third-order valence-corrected chi connectivity index (χ3v) is 6.08. The molecule has 7 nitrogen and oxygen atoms in total. The average Bonchev–Trinajstić information content (AvgIpc) is 2.84. The maximum absolute atomic E-state index is 13.4. The lowest BCUT2D eigenvalue weighted by molar-refractivity contribution is 0.0930. The monoisotopic (exact) mass is 468 g/mol. The summed E-state index contributed by atoms with van der Waals surface area (Å²) in [4.78, 5) is 40.0. The zero-order chi connectivity index (χ0) is 25.1. The van der Waals surface area contributed by atoms with Gasteiger partial charge in [-0.1, -0.05) is 66.2 Å². The van der Waals surface area contributed by atoms with Gasteiger partial charge in [0, 0.05) is 0 Å². The van der Waals surface area contributed by atoms with E-state index in [0.717, 1.165) is 37.1 Å². The highest BCUT2D eigenvalue weighted by molar-refractivity contribution is 5.92. The number of carbonyl (C=O) groups is 1. The van der Waals surface area contributed by atoms with Gasteiger partial charge in [-0.25, -0.2) is 4.79 Å². The van der Waals surface area contributed by atoms with Crippen molar-refractivity contribution in [2.45, 2.75) is 40.3 Å². The number of carbonyl (C=O) groups excluding carboxylic acids is 1. The fraction of sp³-hybridized carbons (Fsp3) is 0.214. The van der Waals surface area contributed by atoms with E-state index >= 15 is 0 Å². The molecule has 0 fully saturated rings. The predicted molar refractivity (Wildman–Crippen MR) is 136 cm³/mol. The molecule has 1 heterocycles. The van der Waals surface area contributed by atoms with Gasteiger partial charge in [0.2, 0.25) is 5.69 Å². The molecule has 3 aromatic carbocycles. The summed E-state index contributed by atoms with van der Waals surface area (Å²) in [6, 6.07) is 22.1. The van der Waals surface area contributed by atoms with Crippen molar-refractivity contribution in [3.63, 3.8) is 0 Å². The van der Waals surface area contributed by atoms with E-state index in [1.807, 2.05) is 94.4 Å². The van der Waals surface area contributed by atoms with Gasteiger partial charge in [0.1, 0.15) is 0 Å². The standard InChI is InChI=1S/C28H28N4O3/c1-18-9-8-10-22(15-18)17-31-27(34)25(26(33)29-21(4)23-11-6-5-7-12-23)30-32(28(31)35)24-14-13-19(2)20(3)16-24/h5-16,21H,17H2,1-4H3,(H,29,33). The molecule has 0 radical (unpaired) electrons.